The molecular formula is C19H18ClN3O2. The van der Waals surface area contributed by atoms with Crippen molar-refractivity contribution in [1.82, 2.24) is 14.9 Å². The van der Waals surface area contributed by atoms with Crippen LogP contribution in [0.5, 0.6) is 0 Å². The van der Waals surface area contributed by atoms with Crippen LogP contribution in [0.1, 0.15) is 29.5 Å². The van der Waals surface area contributed by atoms with Gasteiger partial charge in [0, 0.05) is 17.1 Å². The van der Waals surface area contributed by atoms with Gasteiger partial charge in [-0.05, 0) is 36.8 Å². The van der Waals surface area contributed by atoms with Crippen LogP contribution in [0.2, 0.25) is 5.02 Å². The number of carbonyl (C=O) groups is 1. The van der Waals surface area contributed by atoms with Gasteiger partial charge in [0.1, 0.15) is 5.82 Å². The Bertz CT molecular complexity index is 954. The monoisotopic (exact) mass is 355 g/mol. The second-order valence-electron chi connectivity index (χ2n) is 5.77. The normalized spacial score (nSPS) is 10.8. The number of hydrogen-bond acceptors (Lipinski definition) is 3. The van der Waals surface area contributed by atoms with Gasteiger partial charge in [-0.3, -0.25) is 9.59 Å². The average Bonchev–Trinajstić information content (AvgIpc) is 2.61. The minimum atomic E-state index is -0.236. The van der Waals surface area contributed by atoms with Crippen LogP contribution in [0, 0.1) is 0 Å². The van der Waals surface area contributed by atoms with E-state index in [0.29, 0.717) is 33.9 Å². The zero-order chi connectivity index (χ0) is 17.8. The molecule has 1 N–H and O–H groups in total. The molecule has 0 fully saturated rings. The van der Waals surface area contributed by atoms with Gasteiger partial charge in [0.05, 0.1) is 17.4 Å². The molecule has 0 aliphatic heterocycles. The van der Waals surface area contributed by atoms with Gasteiger partial charge in [-0.15, -0.1) is 0 Å². The minimum Gasteiger partial charge on any atom is -0.331 e. The van der Waals surface area contributed by atoms with E-state index in [4.69, 9.17) is 11.6 Å². The van der Waals surface area contributed by atoms with Crippen LogP contribution in [0.15, 0.2) is 53.3 Å². The maximum Gasteiger partial charge on any atom is 0.258 e. The van der Waals surface area contributed by atoms with Crippen LogP contribution in [0.3, 0.4) is 0 Å². The zero-order valence-electron chi connectivity index (χ0n) is 13.8. The fourth-order valence-electron chi connectivity index (χ4n) is 2.70. The summed E-state index contributed by atoms with van der Waals surface area (Å²) in [5.74, 6) is 0.355. The molecule has 0 atom stereocenters. The molecule has 0 aliphatic carbocycles. The molecule has 5 nitrogen and oxygen atoms in total. The number of halogens is 1. The molecule has 3 rings (SSSR count). The third-order valence-corrected chi connectivity index (χ3v) is 4.09. The smallest absolute Gasteiger partial charge is 0.258 e. The van der Waals surface area contributed by atoms with Crippen LogP contribution < -0.4 is 5.56 Å². The van der Waals surface area contributed by atoms with Crippen molar-refractivity contribution < 1.29 is 4.79 Å². The fraction of sp³-hybridized carbons (Fsp3) is 0.211. The molecule has 1 aromatic heterocycles. The molecule has 25 heavy (non-hydrogen) atoms. The van der Waals surface area contributed by atoms with Crippen molar-refractivity contribution in [3.05, 3.63) is 75.3 Å². The van der Waals surface area contributed by atoms with Crippen molar-refractivity contribution >= 4 is 28.4 Å². The first-order valence-electron chi connectivity index (χ1n) is 8.11. The molecule has 6 heteroatoms. The summed E-state index contributed by atoms with van der Waals surface area (Å²) in [7, 11) is 0. The quantitative estimate of drug-likeness (QED) is 0.760. The van der Waals surface area contributed by atoms with Crippen LogP contribution in [-0.4, -0.2) is 27.3 Å². The highest BCUT2D eigenvalue weighted by molar-refractivity contribution is 6.31. The summed E-state index contributed by atoms with van der Waals surface area (Å²) in [6.07, 6.45) is 0.808. The molecular weight excluding hydrogens is 338 g/mol. The summed E-state index contributed by atoms with van der Waals surface area (Å²) < 4.78 is 0. The number of fused-ring (bicyclic) bond motifs is 1. The second kappa shape index (κ2) is 7.49. The van der Waals surface area contributed by atoms with Crippen molar-refractivity contribution in [3.8, 4) is 0 Å². The van der Waals surface area contributed by atoms with Gasteiger partial charge in [0.25, 0.3) is 11.5 Å². The number of nitrogens with one attached hydrogen (secondary N) is 1. The predicted octanol–water partition coefficient (Wildman–Crippen LogP) is 3.63. The van der Waals surface area contributed by atoms with E-state index in [1.165, 1.54) is 0 Å². The van der Waals surface area contributed by atoms with E-state index < -0.39 is 0 Å². The largest absolute Gasteiger partial charge is 0.331 e. The van der Waals surface area contributed by atoms with Crippen molar-refractivity contribution in [1.29, 1.82) is 0 Å². The Labute approximate surface area is 150 Å². The predicted molar refractivity (Wildman–Crippen MR) is 98.8 cm³/mol. The highest BCUT2D eigenvalue weighted by atomic mass is 35.5. The first-order valence-corrected chi connectivity index (χ1v) is 8.49. The van der Waals surface area contributed by atoms with Gasteiger partial charge in [0.15, 0.2) is 0 Å². The Morgan fingerprint density at radius 2 is 1.96 bits per heavy atom. The maximum absolute atomic E-state index is 12.7. The fourth-order valence-corrected chi connectivity index (χ4v) is 2.87. The van der Waals surface area contributed by atoms with E-state index in [0.717, 1.165) is 6.42 Å². The van der Waals surface area contributed by atoms with Crippen LogP contribution in [0.25, 0.3) is 10.9 Å². The van der Waals surface area contributed by atoms with Crippen molar-refractivity contribution in [3.63, 3.8) is 0 Å². The number of amides is 1. The second-order valence-corrected chi connectivity index (χ2v) is 6.20. The molecule has 0 saturated carbocycles. The van der Waals surface area contributed by atoms with Crippen molar-refractivity contribution in [2.45, 2.75) is 19.9 Å². The molecule has 0 radical (unpaired) electrons. The Balaban J connectivity index is 1.93. The highest BCUT2D eigenvalue weighted by Gasteiger charge is 2.17. The summed E-state index contributed by atoms with van der Waals surface area (Å²) in [4.78, 5) is 33.9. The van der Waals surface area contributed by atoms with Gasteiger partial charge in [-0.25, -0.2) is 4.98 Å². The van der Waals surface area contributed by atoms with E-state index in [1.54, 1.807) is 35.2 Å². The number of aromatic nitrogens is 2. The molecule has 3 aromatic rings. The number of benzene rings is 2. The first-order chi connectivity index (χ1) is 12.1. The van der Waals surface area contributed by atoms with E-state index >= 15 is 0 Å². The number of nitrogens with zero attached hydrogens (tertiary/aromatic N) is 2. The number of hydrogen-bond donors (Lipinski definition) is 1. The Hall–Kier alpha value is -2.66. The average molecular weight is 356 g/mol. The van der Waals surface area contributed by atoms with Crippen LogP contribution in [0.4, 0.5) is 0 Å². The van der Waals surface area contributed by atoms with E-state index in [-0.39, 0.29) is 18.0 Å². The maximum atomic E-state index is 12.7. The lowest BCUT2D eigenvalue weighted by molar-refractivity contribution is 0.0739. The minimum absolute atomic E-state index is 0.0868. The molecule has 0 unspecified atom stereocenters. The van der Waals surface area contributed by atoms with E-state index in [1.807, 2.05) is 25.1 Å². The topological polar surface area (TPSA) is 66.1 Å². The summed E-state index contributed by atoms with van der Waals surface area (Å²) in [6, 6.07) is 14.0. The van der Waals surface area contributed by atoms with E-state index in [2.05, 4.69) is 9.97 Å². The van der Waals surface area contributed by atoms with Gasteiger partial charge < -0.3 is 9.88 Å². The molecule has 1 heterocycles. The van der Waals surface area contributed by atoms with Crippen LogP contribution >= 0.6 is 11.6 Å². The third-order valence-electron chi connectivity index (χ3n) is 3.86. The highest BCUT2D eigenvalue weighted by Crippen LogP contribution is 2.15. The molecule has 1 amide bonds. The summed E-state index contributed by atoms with van der Waals surface area (Å²) in [6.45, 7) is 2.81. The lowest BCUT2D eigenvalue weighted by atomic mass is 10.2. The number of aromatic amines is 1. The number of rotatable bonds is 5. The summed E-state index contributed by atoms with van der Waals surface area (Å²) in [5, 5.41) is 0.993. The van der Waals surface area contributed by atoms with Crippen molar-refractivity contribution in [2.75, 3.05) is 6.54 Å². The van der Waals surface area contributed by atoms with E-state index in [9.17, 15) is 9.59 Å². The third kappa shape index (κ3) is 3.88. The van der Waals surface area contributed by atoms with Crippen LogP contribution in [-0.2, 0) is 6.54 Å². The van der Waals surface area contributed by atoms with Gasteiger partial charge in [-0.2, -0.15) is 0 Å². The van der Waals surface area contributed by atoms with Gasteiger partial charge in [-0.1, -0.05) is 36.7 Å². The van der Waals surface area contributed by atoms with Gasteiger partial charge >= 0.3 is 0 Å². The molecule has 0 aliphatic rings. The standard InChI is InChI=1S/C19H18ClN3O2/c1-2-10-23(19(25)13-6-4-3-5-7-13)12-17-21-16-11-14(20)8-9-15(16)18(24)22-17/h3-9,11H,2,10,12H2,1H3,(H,21,22,24). The number of H-pyrrole nitrogens is 1. The molecule has 0 saturated heterocycles. The number of carbonyl (C=O) groups excluding carboxylic acids is 1. The Morgan fingerprint density at radius 3 is 2.68 bits per heavy atom. The Morgan fingerprint density at radius 1 is 1.20 bits per heavy atom. The zero-order valence-corrected chi connectivity index (χ0v) is 14.6. The Kier molecular flexibility index (Phi) is 5.14. The first kappa shape index (κ1) is 17.2. The molecule has 0 bridgehead atoms. The SMILES string of the molecule is CCCN(Cc1nc2cc(Cl)ccc2c(=O)[nH]1)C(=O)c1ccccc1. The van der Waals surface area contributed by atoms with Crippen molar-refractivity contribution in [2.24, 2.45) is 0 Å². The summed E-state index contributed by atoms with van der Waals surface area (Å²) in [5.41, 5.74) is 0.900. The molecule has 2 aromatic carbocycles. The lowest BCUT2D eigenvalue weighted by Gasteiger charge is -2.21. The lowest BCUT2D eigenvalue weighted by Crippen LogP contribution is -2.32. The molecule has 128 valence electrons. The van der Waals surface area contributed by atoms with Gasteiger partial charge in [0.2, 0.25) is 0 Å². The molecule has 0 spiro atoms. The summed E-state index contributed by atoms with van der Waals surface area (Å²) >= 11 is 5.99.